The van der Waals surface area contributed by atoms with Gasteiger partial charge in [-0.2, -0.15) is 0 Å². The van der Waals surface area contributed by atoms with Gasteiger partial charge in [0.1, 0.15) is 5.76 Å². The minimum atomic E-state index is -3.51. The lowest BCUT2D eigenvalue weighted by atomic mass is 10.2. The van der Waals surface area contributed by atoms with E-state index in [1.807, 2.05) is 6.92 Å². The average molecular weight is 266 g/mol. The molecule has 96 valence electrons. The van der Waals surface area contributed by atoms with Gasteiger partial charge in [-0.05, 0) is 26.0 Å². The summed E-state index contributed by atoms with van der Waals surface area (Å²) >= 11 is 0. The fraction of sp³-hybridized carbons (Fsp3) is 0.250. The first kappa shape index (κ1) is 12.8. The molecule has 1 heterocycles. The molecule has 0 amide bonds. The first-order valence-electron chi connectivity index (χ1n) is 5.44. The van der Waals surface area contributed by atoms with Crippen molar-refractivity contribution in [1.29, 1.82) is 0 Å². The first-order chi connectivity index (χ1) is 8.49. The van der Waals surface area contributed by atoms with Crippen LogP contribution in [0.5, 0.6) is 0 Å². The lowest BCUT2D eigenvalue weighted by molar-refractivity contribution is 0.492. The van der Waals surface area contributed by atoms with Gasteiger partial charge in [0, 0.05) is 0 Å². The van der Waals surface area contributed by atoms with Crippen LogP contribution in [-0.4, -0.2) is 13.4 Å². The minimum Gasteiger partial charge on any atom is -0.447 e. The zero-order chi connectivity index (χ0) is 13.2. The molecule has 0 fully saturated rings. The van der Waals surface area contributed by atoms with Crippen LogP contribution in [0.3, 0.4) is 0 Å². The van der Waals surface area contributed by atoms with E-state index in [1.165, 1.54) is 6.39 Å². The second-order valence-corrected chi connectivity index (χ2v) is 5.77. The molecule has 2 aromatic rings. The first-order valence-corrected chi connectivity index (χ1v) is 6.92. The van der Waals surface area contributed by atoms with Crippen molar-refractivity contribution in [3.8, 4) is 0 Å². The van der Waals surface area contributed by atoms with Crippen molar-refractivity contribution in [3.05, 3.63) is 47.7 Å². The Morgan fingerprint density at radius 3 is 2.44 bits per heavy atom. The Hall–Kier alpha value is -1.66. The molecular formula is C12H14N2O3S. The molecule has 0 atom stereocenters. The third-order valence-corrected chi connectivity index (χ3v) is 4.02. The molecule has 0 aliphatic rings. The van der Waals surface area contributed by atoms with E-state index in [4.69, 9.17) is 4.42 Å². The summed E-state index contributed by atoms with van der Waals surface area (Å²) < 4.78 is 31.5. The van der Waals surface area contributed by atoms with E-state index < -0.39 is 10.0 Å². The predicted molar refractivity (Wildman–Crippen MR) is 66.4 cm³/mol. The summed E-state index contributed by atoms with van der Waals surface area (Å²) in [6, 6.07) is 6.67. The summed E-state index contributed by atoms with van der Waals surface area (Å²) in [7, 11) is -3.51. The number of hydrogen-bond acceptors (Lipinski definition) is 4. The van der Waals surface area contributed by atoms with Crippen LogP contribution in [0.4, 0.5) is 0 Å². The van der Waals surface area contributed by atoms with Gasteiger partial charge in [0.15, 0.2) is 6.39 Å². The Morgan fingerprint density at radius 2 is 1.89 bits per heavy atom. The topological polar surface area (TPSA) is 72.2 Å². The van der Waals surface area contributed by atoms with Crippen LogP contribution in [-0.2, 0) is 16.6 Å². The Bertz CT molecular complexity index is 630. The van der Waals surface area contributed by atoms with Crippen LogP contribution in [0, 0.1) is 13.8 Å². The van der Waals surface area contributed by atoms with Crippen molar-refractivity contribution in [3.63, 3.8) is 0 Å². The van der Waals surface area contributed by atoms with E-state index in [2.05, 4.69) is 9.71 Å². The second kappa shape index (κ2) is 4.91. The molecule has 0 aliphatic heterocycles. The number of aromatic nitrogens is 1. The van der Waals surface area contributed by atoms with Crippen LogP contribution in [0.25, 0.3) is 0 Å². The molecule has 0 bridgehead atoms. The van der Waals surface area contributed by atoms with E-state index in [9.17, 15) is 8.42 Å². The number of hydrogen-bond donors (Lipinski definition) is 1. The predicted octanol–water partition coefficient (Wildman–Crippen LogP) is 1.77. The van der Waals surface area contributed by atoms with Gasteiger partial charge in [-0.1, -0.05) is 17.7 Å². The number of aryl methyl sites for hydroxylation is 2. The number of oxazole rings is 1. The third kappa shape index (κ3) is 2.77. The highest BCUT2D eigenvalue weighted by molar-refractivity contribution is 7.89. The van der Waals surface area contributed by atoms with Crippen LogP contribution in [0.1, 0.15) is 17.0 Å². The zero-order valence-corrected chi connectivity index (χ0v) is 11.0. The van der Waals surface area contributed by atoms with Crippen molar-refractivity contribution < 1.29 is 12.8 Å². The van der Waals surface area contributed by atoms with Crippen molar-refractivity contribution in [1.82, 2.24) is 9.71 Å². The number of rotatable bonds is 4. The number of nitrogens with one attached hydrogen (secondary N) is 1. The van der Waals surface area contributed by atoms with Crippen molar-refractivity contribution >= 4 is 10.0 Å². The van der Waals surface area contributed by atoms with Crippen molar-refractivity contribution in [2.45, 2.75) is 25.3 Å². The molecule has 0 saturated heterocycles. The molecule has 1 aromatic heterocycles. The third-order valence-electron chi connectivity index (χ3n) is 2.60. The van der Waals surface area contributed by atoms with Gasteiger partial charge in [0.25, 0.3) is 0 Å². The van der Waals surface area contributed by atoms with Gasteiger partial charge in [0.2, 0.25) is 10.0 Å². The normalized spacial score (nSPS) is 11.7. The SMILES string of the molecule is Cc1ccc(S(=O)(=O)NCc2ocnc2C)cc1. The quantitative estimate of drug-likeness (QED) is 0.915. The highest BCUT2D eigenvalue weighted by Gasteiger charge is 2.15. The number of sulfonamides is 1. The summed E-state index contributed by atoms with van der Waals surface area (Å²) in [6.07, 6.45) is 1.30. The molecule has 1 aromatic carbocycles. The Kier molecular flexibility index (Phi) is 3.49. The van der Waals surface area contributed by atoms with E-state index in [0.29, 0.717) is 11.5 Å². The van der Waals surface area contributed by atoms with Crippen LogP contribution in [0.15, 0.2) is 40.0 Å². The van der Waals surface area contributed by atoms with Gasteiger partial charge < -0.3 is 4.42 Å². The van der Waals surface area contributed by atoms with Gasteiger partial charge >= 0.3 is 0 Å². The minimum absolute atomic E-state index is 0.0992. The van der Waals surface area contributed by atoms with Gasteiger partial charge in [-0.15, -0.1) is 0 Å². The molecule has 6 heteroatoms. The van der Waals surface area contributed by atoms with Crippen molar-refractivity contribution in [2.24, 2.45) is 0 Å². The Balaban J connectivity index is 2.13. The molecule has 0 aliphatic carbocycles. The highest BCUT2D eigenvalue weighted by Crippen LogP contribution is 2.11. The fourth-order valence-electron chi connectivity index (χ4n) is 1.46. The highest BCUT2D eigenvalue weighted by atomic mass is 32.2. The van der Waals surface area contributed by atoms with Crippen LogP contribution < -0.4 is 4.72 Å². The van der Waals surface area contributed by atoms with E-state index in [0.717, 1.165) is 5.56 Å². The van der Waals surface area contributed by atoms with E-state index in [-0.39, 0.29) is 11.4 Å². The largest absolute Gasteiger partial charge is 0.447 e. The molecule has 0 saturated carbocycles. The lowest BCUT2D eigenvalue weighted by Crippen LogP contribution is -2.23. The number of nitrogens with zero attached hydrogens (tertiary/aromatic N) is 1. The summed E-state index contributed by atoms with van der Waals surface area (Å²) in [5.74, 6) is 0.519. The van der Waals surface area contributed by atoms with E-state index in [1.54, 1.807) is 31.2 Å². The maximum atomic E-state index is 12.0. The summed E-state index contributed by atoms with van der Waals surface area (Å²) in [6.45, 7) is 3.77. The summed E-state index contributed by atoms with van der Waals surface area (Å²) in [5.41, 5.74) is 1.70. The summed E-state index contributed by atoms with van der Waals surface area (Å²) in [5, 5.41) is 0. The van der Waals surface area contributed by atoms with Gasteiger partial charge in [-0.25, -0.2) is 18.1 Å². The number of benzene rings is 1. The molecule has 5 nitrogen and oxygen atoms in total. The smallest absolute Gasteiger partial charge is 0.240 e. The average Bonchev–Trinajstić information content (AvgIpc) is 2.73. The molecule has 2 rings (SSSR count). The maximum Gasteiger partial charge on any atom is 0.240 e. The molecule has 1 N–H and O–H groups in total. The molecule has 0 radical (unpaired) electrons. The van der Waals surface area contributed by atoms with Crippen LogP contribution in [0.2, 0.25) is 0 Å². The monoisotopic (exact) mass is 266 g/mol. The Labute approximate surface area is 106 Å². The van der Waals surface area contributed by atoms with Gasteiger partial charge in [-0.3, -0.25) is 0 Å². The molecule has 0 spiro atoms. The van der Waals surface area contributed by atoms with Crippen molar-refractivity contribution in [2.75, 3.05) is 0 Å². The standard InChI is InChI=1S/C12H14N2O3S/c1-9-3-5-11(6-4-9)18(15,16)14-7-12-10(2)13-8-17-12/h3-6,8,14H,7H2,1-2H3. The fourth-order valence-corrected chi connectivity index (χ4v) is 2.44. The maximum absolute atomic E-state index is 12.0. The Morgan fingerprint density at radius 1 is 1.22 bits per heavy atom. The lowest BCUT2D eigenvalue weighted by Gasteiger charge is -2.05. The molecular weight excluding hydrogens is 252 g/mol. The molecule has 18 heavy (non-hydrogen) atoms. The second-order valence-electron chi connectivity index (χ2n) is 4.00. The van der Waals surface area contributed by atoms with E-state index >= 15 is 0 Å². The zero-order valence-electron chi connectivity index (χ0n) is 10.2. The van der Waals surface area contributed by atoms with Gasteiger partial charge in [0.05, 0.1) is 17.1 Å². The van der Waals surface area contributed by atoms with Crippen LogP contribution >= 0.6 is 0 Å². The summed E-state index contributed by atoms with van der Waals surface area (Å²) in [4.78, 5) is 4.14. The molecule has 0 unspecified atom stereocenters.